The fourth-order valence-electron chi connectivity index (χ4n) is 6.07. The summed E-state index contributed by atoms with van der Waals surface area (Å²) in [5.41, 5.74) is 10.8. The predicted octanol–water partition coefficient (Wildman–Crippen LogP) is 10.8. The molecule has 2 aliphatic rings. The van der Waals surface area contributed by atoms with Gasteiger partial charge in [0, 0.05) is 27.0 Å². The highest BCUT2D eigenvalue weighted by Crippen LogP contribution is 2.43. The normalized spacial score (nSPS) is 14.9. The Morgan fingerprint density at radius 1 is 0.809 bits per heavy atom. The molecule has 0 spiro atoms. The van der Waals surface area contributed by atoms with Crippen molar-refractivity contribution < 1.29 is 4.42 Å². The van der Waals surface area contributed by atoms with Crippen LogP contribution in [-0.2, 0) is 0 Å². The fourth-order valence-corrected chi connectivity index (χ4v) is 6.86. The van der Waals surface area contributed by atoms with E-state index in [0.717, 1.165) is 73.6 Å². The molecule has 4 nitrogen and oxygen atoms in total. The molecule has 1 aromatic heterocycles. The molecule has 0 amide bonds. The first-order valence-corrected chi connectivity index (χ1v) is 17.0. The van der Waals surface area contributed by atoms with Crippen molar-refractivity contribution in [2.45, 2.75) is 18.2 Å². The van der Waals surface area contributed by atoms with E-state index in [4.69, 9.17) is 14.4 Å². The van der Waals surface area contributed by atoms with Crippen LogP contribution in [0.1, 0.15) is 30.0 Å². The number of thioether (sulfide) groups is 1. The fraction of sp³-hybridized carbons (Fsp3) is 0.0952. The van der Waals surface area contributed by atoms with Crippen LogP contribution in [0.3, 0.4) is 0 Å². The van der Waals surface area contributed by atoms with Gasteiger partial charge in [-0.25, -0.2) is 9.98 Å². The molecule has 4 aromatic carbocycles. The van der Waals surface area contributed by atoms with Gasteiger partial charge in [-0.15, -0.1) is 11.8 Å². The summed E-state index contributed by atoms with van der Waals surface area (Å²) in [6.07, 6.45) is 21.8. The molecule has 0 radical (unpaired) electrons. The molecule has 0 unspecified atom stereocenters. The Labute approximate surface area is 280 Å². The maximum atomic E-state index is 6.06. The molecule has 5 aromatic rings. The summed E-state index contributed by atoms with van der Waals surface area (Å²) in [6, 6.07) is 31.9. The SMILES string of the molecule is C/C=C\C=C/c1coc2cccc(-c3cc(C4=NC(C5=CCC=CC(c6ccccc6)=C5)=NCN4)cc(-c4ccccc4)c3SC)c12. The lowest BCUT2D eigenvalue weighted by atomic mass is 9.92. The average Bonchev–Trinajstić information content (AvgIpc) is 3.38. The molecule has 0 fully saturated rings. The van der Waals surface area contributed by atoms with Crippen LogP contribution in [0, 0.1) is 0 Å². The standard InChI is InChI=1S/C42H35N3OS/c1-3-4-7-21-33-27-46-38-23-14-22-35(39(33)38)37-26-34(25-36(40(37)47-2)30-17-10-6-11-18-30)42-44-28-43-41(45-42)32-20-13-12-19-31(24-32)29-15-8-5-9-16-29/h3-12,14-27H,13,28H2,1-2H3,(H,43,44,45)/b4-3-,21-7-. The van der Waals surface area contributed by atoms with Crippen molar-refractivity contribution in [2.75, 3.05) is 12.9 Å². The zero-order valence-electron chi connectivity index (χ0n) is 26.5. The van der Waals surface area contributed by atoms with E-state index in [1.807, 2.05) is 37.5 Å². The number of fused-ring (bicyclic) bond motifs is 1. The smallest absolute Gasteiger partial charge is 0.158 e. The van der Waals surface area contributed by atoms with Crippen molar-refractivity contribution in [3.05, 3.63) is 162 Å². The minimum Gasteiger partial charge on any atom is -0.464 e. The Hall–Kier alpha value is -5.39. The van der Waals surface area contributed by atoms with E-state index < -0.39 is 0 Å². The number of amidine groups is 2. The Morgan fingerprint density at radius 2 is 1.60 bits per heavy atom. The van der Waals surface area contributed by atoms with Crippen molar-refractivity contribution in [2.24, 2.45) is 9.98 Å². The summed E-state index contributed by atoms with van der Waals surface area (Å²) in [5, 5.41) is 4.58. The predicted molar refractivity (Wildman–Crippen MR) is 201 cm³/mol. The van der Waals surface area contributed by atoms with E-state index in [1.54, 1.807) is 11.8 Å². The first-order valence-electron chi connectivity index (χ1n) is 15.8. The number of aliphatic imine (C=N–C) groups is 2. The first-order chi connectivity index (χ1) is 23.2. The molecular formula is C42H35N3OS. The van der Waals surface area contributed by atoms with Gasteiger partial charge in [0.1, 0.15) is 18.1 Å². The van der Waals surface area contributed by atoms with E-state index >= 15 is 0 Å². The third-order valence-corrected chi connectivity index (χ3v) is 9.14. The Morgan fingerprint density at radius 3 is 2.38 bits per heavy atom. The molecule has 7 rings (SSSR count). The van der Waals surface area contributed by atoms with Crippen LogP contribution in [0.5, 0.6) is 0 Å². The number of nitrogens with zero attached hydrogens (tertiary/aromatic N) is 2. The Bertz CT molecular complexity index is 2140. The van der Waals surface area contributed by atoms with Crippen LogP contribution in [0.25, 0.3) is 44.9 Å². The molecular weight excluding hydrogens is 595 g/mol. The van der Waals surface area contributed by atoms with Crippen LogP contribution in [0.2, 0.25) is 0 Å². The van der Waals surface area contributed by atoms with E-state index in [-0.39, 0.29) is 0 Å². The summed E-state index contributed by atoms with van der Waals surface area (Å²) < 4.78 is 6.06. The van der Waals surface area contributed by atoms with E-state index in [9.17, 15) is 0 Å². The lowest BCUT2D eigenvalue weighted by Gasteiger charge is -2.20. The molecule has 0 atom stereocenters. The number of furan rings is 1. The van der Waals surface area contributed by atoms with Gasteiger partial charge in [0.25, 0.3) is 0 Å². The summed E-state index contributed by atoms with van der Waals surface area (Å²) >= 11 is 1.76. The Balaban J connectivity index is 1.39. The van der Waals surface area contributed by atoms with Gasteiger partial charge in [0.05, 0.1) is 6.26 Å². The molecule has 230 valence electrons. The van der Waals surface area contributed by atoms with Gasteiger partial charge in [0.2, 0.25) is 0 Å². The number of hydrogen-bond acceptors (Lipinski definition) is 5. The summed E-state index contributed by atoms with van der Waals surface area (Å²) in [7, 11) is 0. The van der Waals surface area contributed by atoms with Gasteiger partial charge >= 0.3 is 0 Å². The first kappa shape index (κ1) is 30.3. The molecule has 47 heavy (non-hydrogen) atoms. The molecule has 0 saturated heterocycles. The summed E-state index contributed by atoms with van der Waals surface area (Å²) in [5.74, 6) is 1.54. The average molecular weight is 630 g/mol. The van der Waals surface area contributed by atoms with Crippen LogP contribution in [0.15, 0.2) is 165 Å². The molecule has 2 heterocycles. The summed E-state index contributed by atoms with van der Waals surface area (Å²) in [6.45, 7) is 2.47. The van der Waals surface area contributed by atoms with Gasteiger partial charge in [0.15, 0.2) is 5.84 Å². The van der Waals surface area contributed by atoms with Gasteiger partial charge in [-0.3, -0.25) is 0 Å². The van der Waals surface area contributed by atoms with Gasteiger partial charge in [-0.05, 0) is 77.3 Å². The lowest BCUT2D eigenvalue weighted by Crippen LogP contribution is -2.30. The zero-order valence-corrected chi connectivity index (χ0v) is 27.3. The van der Waals surface area contributed by atoms with Crippen LogP contribution >= 0.6 is 11.8 Å². The summed E-state index contributed by atoms with van der Waals surface area (Å²) in [4.78, 5) is 11.2. The molecule has 1 aliphatic heterocycles. The lowest BCUT2D eigenvalue weighted by molar-refractivity contribution is 0.615. The van der Waals surface area contributed by atoms with Crippen molar-refractivity contribution in [3.8, 4) is 22.3 Å². The third kappa shape index (κ3) is 6.35. The van der Waals surface area contributed by atoms with E-state index in [0.29, 0.717) is 6.67 Å². The highest BCUT2D eigenvalue weighted by Gasteiger charge is 2.21. The highest BCUT2D eigenvalue weighted by molar-refractivity contribution is 7.98. The quantitative estimate of drug-likeness (QED) is 0.137. The van der Waals surface area contributed by atoms with E-state index in [1.165, 1.54) is 10.5 Å². The number of hydrogen-bond donors (Lipinski definition) is 1. The second-order valence-electron chi connectivity index (χ2n) is 11.3. The molecule has 5 heteroatoms. The minimum atomic E-state index is 0.449. The second kappa shape index (κ2) is 13.9. The number of rotatable bonds is 8. The second-order valence-corrected chi connectivity index (χ2v) is 12.1. The third-order valence-electron chi connectivity index (χ3n) is 8.29. The highest BCUT2D eigenvalue weighted by atomic mass is 32.2. The molecule has 0 saturated carbocycles. The van der Waals surface area contributed by atoms with Crippen molar-refractivity contribution in [1.82, 2.24) is 5.32 Å². The molecule has 1 aliphatic carbocycles. The van der Waals surface area contributed by atoms with E-state index in [2.05, 4.69) is 127 Å². The monoisotopic (exact) mass is 629 g/mol. The van der Waals surface area contributed by atoms with Crippen molar-refractivity contribution in [3.63, 3.8) is 0 Å². The number of nitrogens with one attached hydrogen (secondary N) is 1. The minimum absolute atomic E-state index is 0.449. The van der Waals surface area contributed by atoms with Crippen molar-refractivity contribution >= 4 is 46.1 Å². The van der Waals surface area contributed by atoms with Gasteiger partial charge < -0.3 is 9.73 Å². The van der Waals surface area contributed by atoms with Gasteiger partial charge in [-0.1, -0.05) is 115 Å². The van der Waals surface area contributed by atoms with Gasteiger partial charge in [-0.2, -0.15) is 0 Å². The number of benzene rings is 4. The molecule has 1 N–H and O–H groups in total. The maximum Gasteiger partial charge on any atom is 0.158 e. The maximum absolute atomic E-state index is 6.06. The molecule has 0 bridgehead atoms. The van der Waals surface area contributed by atoms with Crippen LogP contribution < -0.4 is 5.32 Å². The topological polar surface area (TPSA) is 49.9 Å². The van der Waals surface area contributed by atoms with Crippen LogP contribution in [0.4, 0.5) is 0 Å². The Kier molecular flexibility index (Phi) is 8.98. The zero-order chi connectivity index (χ0) is 32.0. The largest absolute Gasteiger partial charge is 0.464 e. The van der Waals surface area contributed by atoms with Crippen molar-refractivity contribution in [1.29, 1.82) is 0 Å². The number of allylic oxidation sites excluding steroid dienone is 7. The van der Waals surface area contributed by atoms with Crippen LogP contribution in [-0.4, -0.2) is 24.6 Å².